The number of ether oxygens (including phenoxy) is 2. The Balaban J connectivity index is 4.26. The van der Waals surface area contributed by atoms with Gasteiger partial charge in [0.2, 0.25) is 0 Å². The molecular formula is C50H91O10P. The smallest absolute Gasteiger partial charge is 0.462 e. The lowest BCUT2D eigenvalue weighted by atomic mass is 10.0. The Morgan fingerprint density at radius 3 is 1.41 bits per heavy atom. The third kappa shape index (κ3) is 45.8. The molecule has 0 heterocycles. The van der Waals surface area contributed by atoms with Crippen molar-refractivity contribution in [3.8, 4) is 0 Å². The van der Waals surface area contributed by atoms with E-state index in [2.05, 4.69) is 62.5 Å². The van der Waals surface area contributed by atoms with Crippen molar-refractivity contribution >= 4 is 19.8 Å². The summed E-state index contributed by atoms with van der Waals surface area (Å²) in [5.74, 6) is -0.987. The van der Waals surface area contributed by atoms with Crippen molar-refractivity contribution in [2.45, 2.75) is 232 Å². The standard InChI is InChI=1S/C50H91O10P/c1-3-5-7-9-11-13-15-17-19-20-21-22-23-24-25-26-28-30-32-34-36-38-40-42-50(54)60-48(46-59-61(55,56)58-44-47(52)43-51)45-57-49(53)41-39-37-35-33-31-29-27-18-16-14-12-10-8-6-4-2/h12,14,18,26-28,34,36,47-48,51-52H,3-11,13,15-17,19-25,29-33,35,37-46H2,1-2H3,(H,55,56)/b14-12+,27-18+,28-26+,36-34+/t47-,48+/m0/s1. The molecule has 0 radical (unpaired) electrons. The van der Waals surface area contributed by atoms with Crippen molar-refractivity contribution < 1.29 is 47.8 Å². The average Bonchev–Trinajstić information content (AvgIpc) is 3.25. The topological polar surface area (TPSA) is 149 Å². The van der Waals surface area contributed by atoms with Crippen LogP contribution in [-0.4, -0.2) is 65.7 Å². The molecule has 1 unspecified atom stereocenters. The van der Waals surface area contributed by atoms with E-state index >= 15 is 0 Å². The van der Waals surface area contributed by atoms with Gasteiger partial charge >= 0.3 is 19.8 Å². The number of hydrogen-bond acceptors (Lipinski definition) is 9. The first-order valence-electron chi connectivity index (χ1n) is 24.6. The quantitative estimate of drug-likeness (QED) is 0.0233. The molecule has 61 heavy (non-hydrogen) atoms. The highest BCUT2D eigenvalue weighted by atomic mass is 31.2. The van der Waals surface area contributed by atoms with Gasteiger partial charge in [-0.3, -0.25) is 18.6 Å². The monoisotopic (exact) mass is 883 g/mol. The fourth-order valence-electron chi connectivity index (χ4n) is 6.63. The first kappa shape index (κ1) is 58.9. The lowest BCUT2D eigenvalue weighted by molar-refractivity contribution is -0.161. The van der Waals surface area contributed by atoms with Crippen LogP contribution in [-0.2, 0) is 32.7 Å². The second-order valence-corrected chi connectivity index (χ2v) is 17.9. The minimum absolute atomic E-state index is 0.121. The van der Waals surface area contributed by atoms with Crippen LogP contribution >= 0.6 is 7.82 Å². The zero-order chi connectivity index (χ0) is 44.8. The molecular weight excluding hydrogens is 792 g/mol. The van der Waals surface area contributed by atoms with Gasteiger partial charge in [-0.25, -0.2) is 4.57 Å². The van der Waals surface area contributed by atoms with Gasteiger partial charge < -0.3 is 24.6 Å². The van der Waals surface area contributed by atoms with E-state index in [1.807, 2.05) is 0 Å². The van der Waals surface area contributed by atoms with Gasteiger partial charge in [-0.1, -0.05) is 178 Å². The summed E-state index contributed by atoms with van der Waals surface area (Å²) in [7, 11) is -4.64. The van der Waals surface area contributed by atoms with Crippen LogP contribution in [0, 0.1) is 0 Å². The maximum absolute atomic E-state index is 12.6. The van der Waals surface area contributed by atoms with E-state index in [4.69, 9.17) is 23.6 Å². The van der Waals surface area contributed by atoms with Gasteiger partial charge in [0.1, 0.15) is 12.7 Å². The predicted molar refractivity (Wildman–Crippen MR) is 251 cm³/mol. The molecule has 10 nitrogen and oxygen atoms in total. The number of unbranched alkanes of at least 4 members (excludes halogenated alkanes) is 24. The number of aliphatic hydroxyl groups is 2. The Morgan fingerprint density at radius 2 is 0.885 bits per heavy atom. The van der Waals surface area contributed by atoms with Gasteiger partial charge in [-0.15, -0.1) is 0 Å². The Morgan fingerprint density at radius 1 is 0.492 bits per heavy atom. The Labute approximate surface area is 373 Å². The molecule has 11 heteroatoms. The van der Waals surface area contributed by atoms with Crippen molar-refractivity contribution in [2.24, 2.45) is 0 Å². The second-order valence-electron chi connectivity index (χ2n) is 16.5. The lowest BCUT2D eigenvalue weighted by Crippen LogP contribution is -2.29. The highest BCUT2D eigenvalue weighted by Gasteiger charge is 2.27. The summed E-state index contributed by atoms with van der Waals surface area (Å²) in [6.07, 6.45) is 50.9. The zero-order valence-electron chi connectivity index (χ0n) is 38.9. The van der Waals surface area contributed by atoms with E-state index in [1.54, 1.807) is 0 Å². The van der Waals surface area contributed by atoms with Crippen LogP contribution < -0.4 is 0 Å². The van der Waals surface area contributed by atoms with Crippen LogP contribution in [0.25, 0.3) is 0 Å². The van der Waals surface area contributed by atoms with E-state index in [-0.39, 0.29) is 19.4 Å². The maximum atomic E-state index is 12.6. The number of aliphatic hydroxyl groups excluding tert-OH is 2. The van der Waals surface area contributed by atoms with Gasteiger partial charge in [-0.05, 0) is 77.0 Å². The summed E-state index contributed by atoms with van der Waals surface area (Å²) < 4.78 is 32.7. The third-order valence-electron chi connectivity index (χ3n) is 10.4. The Bertz CT molecular complexity index is 1150. The van der Waals surface area contributed by atoms with Crippen molar-refractivity contribution in [3.63, 3.8) is 0 Å². The SMILES string of the molecule is CCCCC/C=C/C/C=C/CCCCCCCC(=O)OC[C@H](COP(=O)(O)OC[C@@H](O)CO)OC(=O)CCC/C=C/CC/C=C/CCCCCCCCCCCCCCCC. The fourth-order valence-corrected chi connectivity index (χ4v) is 7.42. The van der Waals surface area contributed by atoms with Gasteiger partial charge in [-0.2, -0.15) is 0 Å². The molecule has 356 valence electrons. The maximum Gasteiger partial charge on any atom is 0.472 e. The second kappa shape index (κ2) is 45.9. The molecule has 0 aliphatic carbocycles. The van der Waals surface area contributed by atoms with E-state index in [9.17, 15) is 24.2 Å². The number of esters is 2. The summed E-state index contributed by atoms with van der Waals surface area (Å²) >= 11 is 0. The molecule has 0 aromatic rings. The molecule has 0 bridgehead atoms. The predicted octanol–water partition coefficient (Wildman–Crippen LogP) is 13.7. The number of phosphoric acid groups is 1. The molecule has 0 spiro atoms. The van der Waals surface area contributed by atoms with Crippen molar-refractivity contribution in [3.05, 3.63) is 48.6 Å². The first-order valence-corrected chi connectivity index (χ1v) is 26.1. The number of carbonyl (C=O) groups is 2. The molecule has 0 aliphatic heterocycles. The highest BCUT2D eigenvalue weighted by Crippen LogP contribution is 2.43. The molecule has 0 rings (SSSR count). The van der Waals surface area contributed by atoms with E-state index in [0.717, 1.165) is 64.2 Å². The third-order valence-corrected chi connectivity index (χ3v) is 11.4. The Hall–Kier alpha value is -2.07. The minimum Gasteiger partial charge on any atom is -0.462 e. The van der Waals surface area contributed by atoms with Crippen molar-refractivity contribution in [1.82, 2.24) is 0 Å². The van der Waals surface area contributed by atoms with Crippen molar-refractivity contribution in [2.75, 3.05) is 26.4 Å². The summed E-state index contributed by atoms with van der Waals surface area (Å²) in [4.78, 5) is 35.1. The number of allylic oxidation sites excluding steroid dienone is 8. The van der Waals surface area contributed by atoms with Crippen LogP contribution in [0.1, 0.15) is 219 Å². The molecule has 0 aromatic heterocycles. The molecule has 3 N–H and O–H groups in total. The van der Waals surface area contributed by atoms with E-state index < -0.39 is 51.8 Å². The van der Waals surface area contributed by atoms with Crippen LogP contribution in [0.15, 0.2) is 48.6 Å². The minimum atomic E-state index is -4.64. The summed E-state index contributed by atoms with van der Waals surface area (Å²) in [5.41, 5.74) is 0. The largest absolute Gasteiger partial charge is 0.472 e. The normalized spacial score (nSPS) is 14.1. The number of rotatable bonds is 46. The molecule has 0 aliphatic rings. The first-order chi connectivity index (χ1) is 29.7. The summed E-state index contributed by atoms with van der Waals surface area (Å²) in [6.45, 7) is 2.32. The average molecular weight is 883 g/mol. The fraction of sp³-hybridized carbons (Fsp3) is 0.800. The molecule has 0 amide bonds. The van der Waals surface area contributed by atoms with Crippen molar-refractivity contribution in [1.29, 1.82) is 0 Å². The molecule has 0 saturated heterocycles. The molecule has 0 saturated carbocycles. The summed E-state index contributed by atoms with van der Waals surface area (Å²) in [6, 6.07) is 0. The molecule has 3 atom stereocenters. The highest BCUT2D eigenvalue weighted by molar-refractivity contribution is 7.47. The van der Waals surface area contributed by atoms with Gasteiger partial charge in [0.05, 0.1) is 19.8 Å². The number of hydrogen-bond donors (Lipinski definition) is 3. The van der Waals surface area contributed by atoms with E-state index in [1.165, 1.54) is 109 Å². The van der Waals surface area contributed by atoms with Crippen LogP contribution in [0.3, 0.4) is 0 Å². The van der Waals surface area contributed by atoms with Crippen LogP contribution in [0.5, 0.6) is 0 Å². The van der Waals surface area contributed by atoms with Gasteiger partial charge in [0.15, 0.2) is 6.10 Å². The van der Waals surface area contributed by atoms with Crippen LogP contribution in [0.2, 0.25) is 0 Å². The number of phosphoric ester groups is 1. The molecule has 0 fully saturated rings. The summed E-state index contributed by atoms with van der Waals surface area (Å²) in [5, 5.41) is 18.4. The van der Waals surface area contributed by atoms with Crippen LogP contribution in [0.4, 0.5) is 0 Å². The number of carbonyl (C=O) groups excluding carboxylic acids is 2. The lowest BCUT2D eigenvalue weighted by Gasteiger charge is -2.20. The van der Waals surface area contributed by atoms with E-state index in [0.29, 0.717) is 19.3 Å². The van der Waals surface area contributed by atoms with Gasteiger partial charge in [0, 0.05) is 12.8 Å². The Kier molecular flexibility index (Phi) is 44.4. The zero-order valence-corrected chi connectivity index (χ0v) is 39.8. The molecule has 0 aromatic carbocycles. The van der Waals surface area contributed by atoms with Gasteiger partial charge in [0.25, 0.3) is 0 Å².